The topological polar surface area (TPSA) is 58.1 Å². The van der Waals surface area contributed by atoms with Crippen molar-refractivity contribution in [1.82, 2.24) is 19.6 Å². The van der Waals surface area contributed by atoms with E-state index in [0.717, 1.165) is 33.7 Å². The molecule has 1 spiro atoms. The molecule has 4 heterocycles. The quantitative estimate of drug-likeness (QED) is 0.762. The van der Waals surface area contributed by atoms with Gasteiger partial charge in [0, 0.05) is 35.4 Å². The number of benzene rings is 1. The van der Waals surface area contributed by atoms with Crippen LogP contribution in [0.2, 0.25) is 0 Å². The zero-order chi connectivity index (χ0) is 18.0. The average molecular weight is 376 g/mol. The maximum Gasteiger partial charge on any atom is 0.271 e. The van der Waals surface area contributed by atoms with Crippen LogP contribution in [0.5, 0.6) is 0 Å². The van der Waals surface area contributed by atoms with Crippen LogP contribution in [0.25, 0.3) is 21.2 Å². The van der Waals surface area contributed by atoms with Gasteiger partial charge in [-0.2, -0.15) is 4.37 Å². The van der Waals surface area contributed by atoms with Gasteiger partial charge in [0.05, 0.1) is 10.7 Å². The van der Waals surface area contributed by atoms with Gasteiger partial charge in [0.2, 0.25) is 0 Å². The van der Waals surface area contributed by atoms with E-state index in [4.69, 9.17) is 0 Å². The van der Waals surface area contributed by atoms with Crippen LogP contribution in [0.15, 0.2) is 42.7 Å². The third-order valence-corrected chi connectivity index (χ3v) is 7.74. The van der Waals surface area contributed by atoms with Gasteiger partial charge in [0.15, 0.2) is 0 Å². The highest BCUT2D eigenvalue weighted by atomic mass is 32.1. The number of hydrogen-bond acceptors (Lipinski definition) is 5. The summed E-state index contributed by atoms with van der Waals surface area (Å²) in [6, 6.07) is 10.4. The van der Waals surface area contributed by atoms with E-state index < -0.39 is 0 Å². The number of hydrogen-bond donors (Lipinski definition) is 1. The zero-order valence-corrected chi connectivity index (χ0v) is 15.7. The molecule has 2 saturated heterocycles. The Hall–Kier alpha value is -2.31. The summed E-state index contributed by atoms with van der Waals surface area (Å²) in [5, 5.41) is 4.24. The second-order valence-electron chi connectivity index (χ2n) is 7.97. The average Bonchev–Trinajstić information content (AvgIpc) is 3.16. The number of rotatable bonds is 3. The number of carbonyl (C=O) groups is 1. The van der Waals surface area contributed by atoms with E-state index in [1.54, 1.807) is 6.20 Å². The number of nitrogens with one attached hydrogen (secondary N) is 1. The smallest absolute Gasteiger partial charge is 0.271 e. The fourth-order valence-electron chi connectivity index (χ4n) is 5.39. The Kier molecular flexibility index (Phi) is 3.26. The summed E-state index contributed by atoms with van der Waals surface area (Å²) >= 11 is 1.40. The molecule has 5 nitrogen and oxygen atoms in total. The number of amides is 1. The number of aromatic nitrogens is 2. The van der Waals surface area contributed by atoms with Crippen molar-refractivity contribution >= 4 is 27.5 Å². The SMILES string of the molecule is O=C(N[C@@H]1CN2CCC3CCC312)c1nsc2cc(-c3cccnc3)ccc12. The van der Waals surface area contributed by atoms with Crippen LogP contribution in [0, 0.1) is 5.92 Å². The lowest BCUT2D eigenvalue weighted by atomic mass is 9.59. The van der Waals surface area contributed by atoms with E-state index in [9.17, 15) is 4.79 Å². The summed E-state index contributed by atoms with van der Waals surface area (Å²) in [4.78, 5) is 19.7. The first-order valence-electron chi connectivity index (χ1n) is 9.61. The van der Waals surface area contributed by atoms with Crippen molar-refractivity contribution in [3.63, 3.8) is 0 Å². The Morgan fingerprint density at radius 3 is 3.00 bits per heavy atom. The molecule has 1 aromatic carbocycles. The zero-order valence-electron chi connectivity index (χ0n) is 14.9. The predicted octanol–water partition coefficient (Wildman–Crippen LogP) is 3.32. The highest BCUT2D eigenvalue weighted by Gasteiger charge is 2.65. The van der Waals surface area contributed by atoms with Crippen LogP contribution in [-0.4, -0.2) is 44.8 Å². The second kappa shape index (κ2) is 5.59. The molecule has 0 bridgehead atoms. The molecule has 27 heavy (non-hydrogen) atoms. The van der Waals surface area contributed by atoms with E-state index in [0.29, 0.717) is 5.69 Å². The standard InChI is InChI=1S/C21H20N4OS/c26-20(23-18-12-25-9-6-15-5-7-21(15,18)25)19-16-4-3-13(10-17(16)27-24-19)14-2-1-8-22-11-14/h1-4,8,10-11,15,18H,5-7,9,12H2,(H,23,26)/t15?,18-,21?/m1/s1. The molecule has 6 rings (SSSR count). The molecule has 2 unspecified atom stereocenters. The minimum absolute atomic E-state index is 0.0213. The number of carbonyl (C=O) groups excluding carboxylic acids is 1. The van der Waals surface area contributed by atoms with Gasteiger partial charge in [-0.05, 0) is 61.0 Å². The summed E-state index contributed by atoms with van der Waals surface area (Å²) in [7, 11) is 0. The lowest BCUT2D eigenvalue weighted by molar-refractivity contribution is -0.0972. The Morgan fingerprint density at radius 2 is 2.22 bits per heavy atom. The van der Waals surface area contributed by atoms with Crippen molar-refractivity contribution in [3.8, 4) is 11.1 Å². The van der Waals surface area contributed by atoms with Crippen molar-refractivity contribution in [2.45, 2.75) is 30.8 Å². The molecule has 2 aliphatic heterocycles. The van der Waals surface area contributed by atoms with Crippen LogP contribution in [0.4, 0.5) is 0 Å². The van der Waals surface area contributed by atoms with E-state index >= 15 is 0 Å². The predicted molar refractivity (Wildman–Crippen MR) is 106 cm³/mol. The largest absolute Gasteiger partial charge is 0.345 e. The Morgan fingerprint density at radius 1 is 1.26 bits per heavy atom. The van der Waals surface area contributed by atoms with E-state index in [1.165, 1.54) is 37.3 Å². The van der Waals surface area contributed by atoms with Crippen LogP contribution < -0.4 is 5.32 Å². The van der Waals surface area contributed by atoms with Crippen LogP contribution in [0.1, 0.15) is 29.8 Å². The Labute approximate surface area is 161 Å². The molecule has 2 aromatic heterocycles. The van der Waals surface area contributed by atoms with E-state index in [1.807, 2.05) is 30.5 Å². The van der Waals surface area contributed by atoms with Gasteiger partial charge < -0.3 is 5.32 Å². The highest BCUT2D eigenvalue weighted by molar-refractivity contribution is 7.13. The summed E-state index contributed by atoms with van der Waals surface area (Å²) < 4.78 is 5.53. The van der Waals surface area contributed by atoms with Gasteiger partial charge in [-0.1, -0.05) is 18.2 Å². The number of pyridine rings is 1. The molecule has 0 radical (unpaired) electrons. The molecular formula is C21H20N4OS. The summed E-state index contributed by atoms with van der Waals surface area (Å²) in [5.41, 5.74) is 3.01. The fourth-order valence-corrected chi connectivity index (χ4v) is 6.21. The minimum atomic E-state index is -0.0213. The fraction of sp³-hybridized carbons (Fsp3) is 0.381. The summed E-state index contributed by atoms with van der Waals surface area (Å²) in [6.07, 6.45) is 7.47. The monoisotopic (exact) mass is 376 g/mol. The lowest BCUT2D eigenvalue weighted by Gasteiger charge is -2.63. The van der Waals surface area contributed by atoms with Gasteiger partial charge in [0.25, 0.3) is 5.91 Å². The Bertz CT molecular complexity index is 1040. The first kappa shape index (κ1) is 15.7. The van der Waals surface area contributed by atoms with Crippen LogP contribution in [0.3, 0.4) is 0 Å². The van der Waals surface area contributed by atoms with Gasteiger partial charge in [-0.3, -0.25) is 14.7 Å². The van der Waals surface area contributed by atoms with Crippen molar-refractivity contribution in [3.05, 3.63) is 48.4 Å². The van der Waals surface area contributed by atoms with Crippen LogP contribution >= 0.6 is 11.5 Å². The first-order chi connectivity index (χ1) is 13.3. The van der Waals surface area contributed by atoms with Crippen molar-refractivity contribution in [2.24, 2.45) is 5.92 Å². The van der Waals surface area contributed by atoms with Gasteiger partial charge in [0.1, 0.15) is 5.69 Å². The molecule has 1 N–H and O–H groups in total. The molecule has 3 atom stereocenters. The normalized spacial score (nSPS) is 28.9. The van der Waals surface area contributed by atoms with Crippen molar-refractivity contribution in [1.29, 1.82) is 0 Å². The van der Waals surface area contributed by atoms with Crippen molar-refractivity contribution in [2.75, 3.05) is 13.1 Å². The molecular weight excluding hydrogens is 356 g/mol. The number of nitrogens with zero attached hydrogens (tertiary/aromatic N) is 3. The second-order valence-corrected chi connectivity index (χ2v) is 8.78. The molecule has 136 valence electrons. The van der Waals surface area contributed by atoms with Gasteiger partial charge in [-0.25, -0.2) is 0 Å². The maximum absolute atomic E-state index is 12.9. The third-order valence-electron chi connectivity index (χ3n) is 6.93. The van der Waals surface area contributed by atoms with E-state index in [2.05, 4.69) is 25.6 Å². The van der Waals surface area contributed by atoms with Gasteiger partial charge >= 0.3 is 0 Å². The van der Waals surface area contributed by atoms with Crippen LogP contribution in [-0.2, 0) is 0 Å². The molecule has 1 aliphatic carbocycles. The molecule has 6 heteroatoms. The molecule has 1 amide bonds. The summed E-state index contributed by atoms with van der Waals surface area (Å²) in [5.74, 6) is 0.762. The molecule has 1 saturated carbocycles. The molecule has 3 fully saturated rings. The van der Waals surface area contributed by atoms with Crippen molar-refractivity contribution < 1.29 is 4.79 Å². The minimum Gasteiger partial charge on any atom is -0.345 e. The lowest BCUT2D eigenvalue weighted by Crippen LogP contribution is -2.78. The van der Waals surface area contributed by atoms with Gasteiger partial charge in [-0.15, -0.1) is 0 Å². The molecule has 3 aliphatic rings. The summed E-state index contributed by atoms with van der Waals surface area (Å²) in [6.45, 7) is 2.20. The van der Waals surface area contributed by atoms with E-state index in [-0.39, 0.29) is 17.5 Å². The highest BCUT2D eigenvalue weighted by Crippen LogP contribution is 2.57. The molecule has 3 aromatic rings. The Balaban J connectivity index is 1.27. The number of fused-ring (bicyclic) bond motifs is 1. The maximum atomic E-state index is 12.9. The third kappa shape index (κ3) is 2.11. The first-order valence-corrected chi connectivity index (χ1v) is 10.4.